The van der Waals surface area contributed by atoms with Crippen molar-refractivity contribution < 1.29 is 0 Å². The predicted octanol–water partition coefficient (Wildman–Crippen LogP) is 12.9. The van der Waals surface area contributed by atoms with Crippen LogP contribution < -0.4 is 4.90 Å². The lowest BCUT2D eigenvalue weighted by Gasteiger charge is -2.27. The number of aromatic nitrogens is 1. The van der Waals surface area contributed by atoms with E-state index >= 15 is 0 Å². The van der Waals surface area contributed by atoms with Crippen LogP contribution in [0.3, 0.4) is 0 Å². The molecule has 0 radical (unpaired) electrons. The zero-order valence-corrected chi connectivity index (χ0v) is 26.3. The van der Waals surface area contributed by atoms with Crippen LogP contribution in [0.1, 0.15) is 0 Å². The molecule has 0 aliphatic carbocycles. The summed E-state index contributed by atoms with van der Waals surface area (Å²) in [6.45, 7) is 0. The Kier molecular flexibility index (Phi) is 5.78. The molecule has 2 nitrogen and oxygen atoms in total. The number of anilines is 3. The molecule has 3 heteroatoms. The fraction of sp³-hybridized carbons (Fsp3) is 0. The SMILES string of the molecule is c1ccc(-n2c3ccccc3c3cc(N(c4ccc5ccccc5c4)c4cccc5sc6c7ccccc7ccc6c45)ccc32)cc1. The van der Waals surface area contributed by atoms with Gasteiger partial charge >= 0.3 is 0 Å². The van der Waals surface area contributed by atoms with Crippen LogP contribution >= 0.6 is 11.3 Å². The Morgan fingerprint density at radius 2 is 1.11 bits per heavy atom. The molecule has 0 amide bonds. The zero-order valence-electron chi connectivity index (χ0n) is 25.5. The van der Waals surface area contributed by atoms with Crippen LogP contribution in [0.15, 0.2) is 170 Å². The van der Waals surface area contributed by atoms with E-state index in [2.05, 4.69) is 179 Å². The molecule has 0 saturated heterocycles. The summed E-state index contributed by atoms with van der Waals surface area (Å²) < 4.78 is 5.01. The average molecular weight is 617 g/mol. The van der Waals surface area contributed by atoms with Crippen molar-refractivity contribution in [3.8, 4) is 5.69 Å². The van der Waals surface area contributed by atoms with Crippen LogP contribution in [0.2, 0.25) is 0 Å². The summed E-state index contributed by atoms with van der Waals surface area (Å²) >= 11 is 1.89. The number of nitrogens with zero attached hydrogens (tertiary/aromatic N) is 2. The van der Waals surface area contributed by atoms with E-state index in [0.717, 1.165) is 11.4 Å². The maximum absolute atomic E-state index is 2.46. The van der Waals surface area contributed by atoms with Crippen LogP contribution in [-0.4, -0.2) is 4.57 Å². The first kappa shape index (κ1) is 26.3. The van der Waals surface area contributed by atoms with E-state index < -0.39 is 0 Å². The maximum atomic E-state index is 2.46. The molecule has 8 aromatic carbocycles. The smallest absolute Gasteiger partial charge is 0.0554 e. The van der Waals surface area contributed by atoms with Crippen molar-refractivity contribution in [1.29, 1.82) is 0 Å². The van der Waals surface area contributed by atoms with Gasteiger partial charge in [0.2, 0.25) is 0 Å². The fourth-order valence-electron chi connectivity index (χ4n) is 7.42. The van der Waals surface area contributed by atoms with Crippen LogP contribution in [0, 0.1) is 0 Å². The van der Waals surface area contributed by atoms with E-state index in [-0.39, 0.29) is 0 Å². The summed E-state index contributed by atoms with van der Waals surface area (Å²) in [6, 6.07) is 62.0. The third-order valence-electron chi connectivity index (χ3n) is 9.53. The van der Waals surface area contributed by atoms with Gasteiger partial charge in [-0.05, 0) is 82.2 Å². The number of benzene rings is 8. The first-order valence-electron chi connectivity index (χ1n) is 16.0. The highest BCUT2D eigenvalue weighted by molar-refractivity contribution is 7.26. The van der Waals surface area contributed by atoms with Gasteiger partial charge in [-0.3, -0.25) is 0 Å². The van der Waals surface area contributed by atoms with Gasteiger partial charge in [-0.2, -0.15) is 0 Å². The fourth-order valence-corrected chi connectivity index (χ4v) is 8.68. The van der Waals surface area contributed by atoms with Crippen LogP contribution in [0.25, 0.3) is 69.2 Å². The lowest BCUT2D eigenvalue weighted by molar-refractivity contribution is 1.18. The molecular formula is C44H28N2S. The Hall–Kier alpha value is -5.90. The summed E-state index contributed by atoms with van der Waals surface area (Å²) in [5, 5.41) is 10.1. The molecule has 0 unspecified atom stereocenters. The van der Waals surface area contributed by atoms with Gasteiger partial charge in [0.25, 0.3) is 0 Å². The molecule has 47 heavy (non-hydrogen) atoms. The minimum Gasteiger partial charge on any atom is -0.310 e. The van der Waals surface area contributed by atoms with Gasteiger partial charge in [-0.1, -0.05) is 109 Å². The molecule has 2 aromatic heterocycles. The van der Waals surface area contributed by atoms with Crippen LogP contribution in [0.5, 0.6) is 0 Å². The highest BCUT2D eigenvalue weighted by atomic mass is 32.1. The Morgan fingerprint density at radius 1 is 0.426 bits per heavy atom. The minimum absolute atomic E-state index is 1.14. The monoisotopic (exact) mass is 616 g/mol. The molecule has 220 valence electrons. The van der Waals surface area contributed by atoms with Gasteiger partial charge < -0.3 is 9.47 Å². The molecule has 0 aliphatic rings. The van der Waals surface area contributed by atoms with Gasteiger partial charge in [0.1, 0.15) is 0 Å². The van der Waals surface area contributed by atoms with Crippen molar-refractivity contribution in [2.45, 2.75) is 0 Å². The molecule has 0 aliphatic heterocycles. The largest absolute Gasteiger partial charge is 0.310 e. The normalized spacial score (nSPS) is 11.8. The summed E-state index contributed by atoms with van der Waals surface area (Å²) in [6.07, 6.45) is 0. The van der Waals surface area contributed by atoms with Gasteiger partial charge in [-0.25, -0.2) is 0 Å². The Balaban J connectivity index is 1.28. The maximum Gasteiger partial charge on any atom is 0.0554 e. The zero-order chi connectivity index (χ0) is 30.9. The quantitative estimate of drug-likeness (QED) is 0.191. The number of hydrogen-bond acceptors (Lipinski definition) is 2. The van der Waals surface area contributed by atoms with E-state index in [1.807, 2.05) is 11.3 Å². The Labute approximate surface area is 276 Å². The molecular weight excluding hydrogens is 589 g/mol. The summed E-state index contributed by atoms with van der Waals surface area (Å²) in [4.78, 5) is 2.46. The second kappa shape index (κ2) is 10.3. The van der Waals surface area contributed by atoms with Crippen molar-refractivity contribution in [2.24, 2.45) is 0 Å². The average Bonchev–Trinajstić information content (AvgIpc) is 3.69. The molecule has 0 bridgehead atoms. The number of para-hydroxylation sites is 2. The molecule has 0 atom stereocenters. The molecule has 0 saturated carbocycles. The molecule has 10 rings (SSSR count). The summed E-state index contributed by atoms with van der Waals surface area (Å²) in [5.41, 5.74) is 7.04. The molecule has 0 spiro atoms. The van der Waals surface area contributed by atoms with Crippen molar-refractivity contribution >= 4 is 91.9 Å². The van der Waals surface area contributed by atoms with Crippen LogP contribution in [0.4, 0.5) is 17.1 Å². The number of hydrogen-bond donors (Lipinski definition) is 0. The van der Waals surface area contributed by atoms with E-state index in [1.54, 1.807) is 0 Å². The summed E-state index contributed by atoms with van der Waals surface area (Å²) in [5.74, 6) is 0. The van der Waals surface area contributed by atoms with Gasteiger partial charge in [0.05, 0.1) is 16.7 Å². The third kappa shape index (κ3) is 4.04. The molecule has 2 heterocycles. The topological polar surface area (TPSA) is 8.17 Å². The van der Waals surface area contributed by atoms with Crippen molar-refractivity contribution in [3.63, 3.8) is 0 Å². The first-order valence-corrected chi connectivity index (χ1v) is 16.8. The number of thiophene rings is 1. The predicted molar refractivity (Wildman–Crippen MR) is 203 cm³/mol. The van der Waals surface area contributed by atoms with E-state index in [9.17, 15) is 0 Å². The Morgan fingerprint density at radius 3 is 2.00 bits per heavy atom. The highest BCUT2D eigenvalue weighted by Gasteiger charge is 2.21. The number of fused-ring (bicyclic) bond motifs is 9. The van der Waals surface area contributed by atoms with Gasteiger partial charge in [0, 0.05) is 48.0 Å². The van der Waals surface area contributed by atoms with E-state index in [4.69, 9.17) is 0 Å². The second-order valence-corrected chi connectivity index (χ2v) is 13.2. The van der Waals surface area contributed by atoms with Crippen molar-refractivity contribution in [3.05, 3.63) is 170 Å². The van der Waals surface area contributed by atoms with Crippen molar-refractivity contribution in [1.82, 2.24) is 4.57 Å². The van der Waals surface area contributed by atoms with Gasteiger partial charge in [0.15, 0.2) is 0 Å². The summed E-state index contributed by atoms with van der Waals surface area (Å²) in [7, 11) is 0. The lowest BCUT2D eigenvalue weighted by atomic mass is 10.0. The first-order chi connectivity index (χ1) is 23.3. The second-order valence-electron chi connectivity index (χ2n) is 12.2. The van der Waals surface area contributed by atoms with Gasteiger partial charge in [-0.15, -0.1) is 11.3 Å². The highest BCUT2D eigenvalue weighted by Crippen LogP contribution is 2.47. The minimum atomic E-state index is 1.14. The van der Waals surface area contributed by atoms with E-state index in [1.165, 1.54) is 74.9 Å². The number of rotatable bonds is 4. The molecule has 10 aromatic rings. The molecule has 0 fully saturated rings. The molecule has 0 N–H and O–H groups in total. The van der Waals surface area contributed by atoms with Crippen LogP contribution in [-0.2, 0) is 0 Å². The Bertz CT molecular complexity index is 2810. The van der Waals surface area contributed by atoms with E-state index in [0.29, 0.717) is 0 Å². The lowest BCUT2D eigenvalue weighted by Crippen LogP contribution is -2.10. The van der Waals surface area contributed by atoms with Crippen molar-refractivity contribution in [2.75, 3.05) is 4.90 Å². The third-order valence-corrected chi connectivity index (χ3v) is 10.7. The standard InChI is InChI=1S/C44H28N2S/c1-2-14-32(15-3-1)46-39-18-9-8-17-36(39)38-28-34(24-26-40(38)46)45(33-23-21-29-11-4-5-13-31(29)27-33)41-19-10-20-42-43(41)37-25-22-30-12-6-7-16-35(30)44(37)47-42/h1-28H.